The Bertz CT molecular complexity index is 667. The molecular formula is C19H33N7O2. The molecular weight excluding hydrogens is 358 g/mol. The lowest BCUT2D eigenvalue weighted by Crippen LogP contribution is -2.48. The van der Waals surface area contributed by atoms with Crippen LogP contribution in [0.5, 0.6) is 0 Å². The molecule has 1 saturated carbocycles. The summed E-state index contributed by atoms with van der Waals surface area (Å²) >= 11 is 0. The predicted molar refractivity (Wildman–Crippen MR) is 107 cm³/mol. The molecule has 1 amide bonds. The van der Waals surface area contributed by atoms with Crippen LogP contribution in [0.15, 0.2) is 4.99 Å². The van der Waals surface area contributed by atoms with Gasteiger partial charge in [-0.2, -0.15) is 5.10 Å². The third-order valence-electron chi connectivity index (χ3n) is 5.43. The molecule has 156 valence electrons. The fourth-order valence-corrected chi connectivity index (χ4v) is 3.93. The van der Waals surface area contributed by atoms with Gasteiger partial charge in [-0.25, -0.2) is 9.67 Å². The average Bonchev–Trinajstić information content (AvgIpc) is 3.12. The Labute approximate surface area is 166 Å². The van der Waals surface area contributed by atoms with Gasteiger partial charge >= 0.3 is 0 Å². The molecule has 1 fully saturated rings. The van der Waals surface area contributed by atoms with E-state index in [-0.39, 0.29) is 17.9 Å². The number of methoxy groups -OCH3 is 1. The average molecular weight is 392 g/mol. The predicted octanol–water partition coefficient (Wildman–Crippen LogP) is 0.601. The molecule has 1 atom stereocenters. The molecule has 9 heteroatoms. The van der Waals surface area contributed by atoms with Crippen molar-refractivity contribution in [1.29, 1.82) is 0 Å². The summed E-state index contributed by atoms with van der Waals surface area (Å²) in [4.78, 5) is 21.0. The molecule has 0 radical (unpaired) electrons. The maximum Gasteiger partial charge on any atom is 0.223 e. The van der Waals surface area contributed by atoms with Crippen molar-refractivity contribution in [1.82, 2.24) is 30.7 Å². The molecule has 0 spiro atoms. The zero-order valence-corrected chi connectivity index (χ0v) is 17.0. The van der Waals surface area contributed by atoms with Gasteiger partial charge in [0.25, 0.3) is 0 Å². The second-order valence-corrected chi connectivity index (χ2v) is 7.56. The lowest BCUT2D eigenvalue weighted by atomic mass is 9.89. The molecule has 1 unspecified atom stereocenters. The molecule has 28 heavy (non-hydrogen) atoms. The second kappa shape index (κ2) is 10.4. The fourth-order valence-electron chi connectivity index (χ4n) is 3.93. The van der Waals surface area contributed by atoms with Crippen LogP contribution in [0.25, 0.3) is 0 Å². The number of carbonyl (C=O) groups excluding carboxylic acids is 1. The summed E-state index contributed by atoms with van der Waals surface area (Å²) in [6.07, 6.45) is 7.52. The first-order valence-corrected chi connectivity index (χ1v) is 10.4. The van der Waals surface area contributed by atoms with Gasteiger partial charge in [0, 0.05) is 45.6 Å². The molecule has 1 aromatic rings. The van der Waals surface area contributed by atoms with Crippen molar-refractivity contribution in [3.63, 3.8) is 0 Å². The summed E-state index contributed by atoms with van der Waals surface area (Å²) in [5.41, 5.74) is 0. The minimum Gasteiger partial charge on any atom is -0.377 e. The van der Waals surface area contributed by atoms with Gasteiger partial charge in [0.1, 0.15) is 12.4 Å². The van der Waals surface area contributed by atoms with Gasteiger partial charge in [-0.15, -0.1) is 0 Å². The number of rotatable bonds is 7. The fraction of sp³-hybridized carbons (Fsp3) is 0.789. The van der Waals surface area contributed by atoms with E-state index in [1.807, 2.05) is 4.68 Å². The number of carbonyl (C=O) groups is 1. The summed E-state index contributed by atoms with van der Waals surface area (Å²) in [6, 6.07) is 0.243. The van der Waals surface area contributed by atoms with Gasteiger partial charge in [-0.3, -0.25) is 9.79 Å². The van der Waals surface area contributed by atoms with E-state index in [4.69, 9.17) is 4.74 Å². The molecule has 3 rings (SSSR count). The third kappa shape index (κ3) is 5.67. The second-order valence-electron chi connectivity index (χ2n) is 7.56. The first-order chi connectivity index (χ1) is 13.7. The number of nitrogens with one attached hydrogen (secondary N) is 3. The lowest BCUT2D eigenvalue weighted by Gasteiger charge is -2.25. The van der Waals surface area contributed by atoms with Crippen LogP contribution in [-0.4, -0.2) is 59.9 Å². The van der Waals surface area contributed by atoms with E-state index < -0.39 is 0 Å². The van der Waals surface area contributed by atoms with Crippen molar-refractivity contribution in [3.05, 3.63) is 11.6 Å². The highest BCUT2D eigenvalue weighted by molar-refractivity contribution is 5.80. The van der Waals surface area contributed by atoms with E-state index in [1.54, 1.807) is 14.2 Å². The molecule has 1 aliphatic heterocycles. The molecule has 9 nitrogen and oxygen atoms in total. The minimum atomic E-state index is 0.197. The molecule has 2 heterocycles. The molecule has 0 aromatic carbocycles. The maximum atomic E-state index is 12.2. The van der Waals surface area contributed by atoms with Gasteiger partial charge in [-0.1, -0.05) is 19.3 Å². The standard InChI is InChI=1S/C19H33N7O2/c1-20-19(22-11-10-21-18(27)14-6-4-3-5-7-14)23-15-8-9-17-24-16(13-28-2)25-26(17)12-15/h14-15H,3-13H2,1-2H3,(H,21,27)(H2,20,22,23). The first-order valence-electron chi connectivity index (χ1n) is 10.4. The zero-order chi connectivity index (χ0) is 19.8. The number of fused-ring (bicyclic) bond motifs is 1. The number of aliphatic imine (C=N–C) groups is 1. The summed E-state index contributed by atoms with van der Waals surface area (Å²) < 4.78 is 7.06. The van der Waals surface area contributed by atoms with Crippen molar-refractivity contribution >= 4 is 11.9 Å². The normalized spacial score (nSPS) is 20.5. The Balaban J connectivity index is 1.38. The largest absolute Gasteiger partial charge is 0.377 e. The molecule has 1 aromatic heterocycles. The van der Waals surface area contributed by atoms with E-state index in [0.717, 1.165) is 49.8 Å². The SMILES string of the molecule is CN=C(NCCNC(=O)C1CCCCC1)NC1CCc2nc(COC)nn2C1. The molecule has 0 saturated heterocycles. The molecule has 1 aliphatic carbocycles. The van der Waals surface area contributed by atoms with Gasteiger partial charge < -0.3 is 20.7 Å². The van der Waals surface area contributed by atoms with Crippen LogP contribution in [0.1, 0.15) is 50.2 Å². The Morgan fingerprint density at radius 1 is 1.21 bits per heavy atom. The van der Waals surface area contributed by atoms with Gasteiger partial charge in [0.15, 0.2) is 11.8 Å². The van der Waals surface area contributed by atoms with Crippen molar-refractivity contribution in [2.24, 2.45) is 10.9 Å². The number of guanidine groups is 1. The minimum absolute atomic E-state index is 0.197. The van der Waals surface area contributed by atoms with Crippen LogP contribution in [0.3, 0.4) is 0 Å². The summed E-state index contributed by atoms with van der Waals surface area (Å²) in [6.45, 7) is 2.45. The quantitative estimate of drug-likeness (QED) is 0.357. The van der Waals surface area contributed by atoms with E-state index in [9.17, 15) is 4.79 Å². The third-order valence-corrected chi connectivity index (χ3v) is 5.43. The van der Waals surface area contributed by atoms with Crippen molar-refractivity contribution in [3.8, 4) is 0 Å². The van der Waals surface area contributed by atoms with Crippen LogP contribution in [-0.2, 0) is 29.1 Å². The highest BCUT2D eigenvalue weighted by Crippen LogP contribution is 2.23. The highest BCUT2D eigenvalue weighted by Gasteiger charge is 2.23. The topological polar surface area (TPSA) is 105 Å². The Hall–Kier alpha value is -2.16. The number of hydrogen-bond acceptors (Lipinski definition) is 5. The van der Waals surface area contributed by atoms with Crippen molar-refractivity contribution in [2.75, 3.05) is 27.2 Å². The van der Waals surface area contributed by atoms with Gasteiger partial charge in [-0.05, 0) is 19.3 Å². The number of aryl methyl sites for hydroxylation is 1. The van der Waals surface area contributed by atoms with Crippen molar-refractivity contribution in [2.45, 2.75) is 64.1 Å². The number of aromatic nitrogens is 3. The summed E-state index contributed by atoms with van der Waals surface area (Å²) in [5.74, 6) is 2.89. The van der Waals surface area contributed by atoms with E-state index in [0.29, 0.717) is 19.7 Å². The van der Waals surface area contributed by atoms with Crippen LogP contribution in [0.4, 0.5) is 0 Å². The lowest BCUT2D eigenvalue weighted by molar-refractivity contribution is -0.125. The maximum absolute atomic E-state index is 12.2. The monoisotopic (exact) mass is 391 g/mol. The number of hydrogen-bond donors (Lipinski definition) is 3. The van der Waals surface area contributed by atoms with Gasteiger partial charge in [0.2, 0.25) is 5.91 Å². The number of amides is 1. The van der Waals surface area contributed by atoms with Gasteiger partial charge in [0.05, 0.1) is 6.54 Å². The molecule has 3 N–H and O–H groups in total. The highest BCUT2D eigenvalue weighted by atomic mass is 16.5. The summed E-state index contributed by atoms with van der Waals surface area (Å²) in [5, 5.41) is 14.3. The van der Waals surface area contributed by atoms with E-state index >= 15 is 0 Å². The summed E-state index contributed by atoms with van der Waals surface area (Å²) in [7, 11) is 3.41. The Kier molecular flexibility index (Phi) is 7.64. The van der Waals surface area contributed by atoms with E-state index in [1.165, 1.54) is 19.3 Å². The van der Waals surface area contributed by atoms with Crippen LogP contribution in [0.2, 0.25) is 0 Å². The van der Waals surface area contributed by atoms with Crippen LogP contribution in [0, 0.1) is 5.92 Å². The van der Waals surface area contributed by atoms with Crippen LogP contribution < -0.4 is 16.0 Å². The van der Waals surface area contributed by atoms with E-state index in [2.05, 4.69) is 31.0 Å². The Morgan fingerprint density at radius 2 is 2.00 bits per heavy atom. The number of ether oxygens (including phenoxy) is 1. The molecule has 0 bridgehead atoms. The number of nitrogens with zero attached hydrogens (tertiary/aromatic N) is 4. The zero-order valence-electron chi connectivity index (χ0n) is 17.0. The smallest absolute Gasteiger partial charge is 0.223 e. The Morgan fingerprint density at radius 3 is 2.75 bits per heavy atom. The van der Waals surface area contributed by atoms with Crippen molar-refractivity contribution < 1.29 is 9.53 Å². The van der Waals surface area contributed by atoms with Crippen LogP contribution >= 0.6 is 0 Å². The molecule has 2 aliphatic rings. The first kappa shape index (κ1) is 20.6.